The molecule has 0 aromatic heterocycles. The van der Waals surface area contributed by atoms with Gasteiger partial charge in [0.2, 0.25) is 0 Å². The van der Waals surface area contributed by atoms with Crippen LogP contribution in [0.5, 0.6) is 0 Å². The molecular weight excluding hydrogens is 824 g/mol. The summed E-state index contributed by atoms with van der Waals surface area (Å²) in [4.78, 5) is 0. The summed E-state index contributed by atoms with van der Waals surface area (Å²) >= 11 is 0. The summed E-state index contributed by atoms with van der Waals surface area (Å²) in [5.74, 6) is 0. The third kappa shape index (κ3) is 24.5. The Labute approximate surface area is 368 Å². The zero-order valence-electron chi connectivity index (χ0n) is 43.5. The molecule has 0 N–H and O–H groups in total. The summed E-state index contributed by atoms with van der Waals surface area (Å²) in [6, 6.07) is 0. The van der Waals surface area contributed by atoms with E-state index in [2.05, 4.69) is 179 Å². The van der Waals surface area contributed by atoms with Crippen molar-refractivity contribution < 1.29 is 0 Å². The molecule has 56 heavy (non-hydrogen) atoms. The molecule has 0 radical (unpaired) electrons. The quantitative estimate of drug-likeness (QED) is 0.101. The van der Waals surface area contributed by atoms with Crippen LogP contribution in [0.25, 0.3) is 0 Å². The maximum atomic E-state index is 2.60. The molecule has 0 aliphatic carbocycles. The van der Waals surface area contributed by atoms with Crippen molar-refractivity contribution >= 4 is 63.4 Å². The summed E-state index contributed by atoms with van der Waals surface area (Å²) in [5.41, 5.74) is 0. The SMILES string of the molecule is CP(CCP(CCP(CCP(CCP(CCP(CCP(CCP(C)C(C)(C)C)C(C)(C)C)C(C)(C)C)C(C)(C)C)C(C)(C)C)C(C)(C)C)C(C)(C)C)C(C)(C)C. The molecule has 0 bridgehead atoms. The third-order valence-electron chi connectivity index (χ3n) is 12.6. The second-order valence-corrected chi connectivity index (χ2v) is 51.4. The third-order valence-corrected chi connectivity index (χ3v) is 42.0. The van der Waals surface area contributed by atoms with Crippen molar-refractivity contribution in [2.75, 3.05) is 99.6 Å². The lowest BCUT2D eigenvalue weighted by Gasteiger charge is -2.41. The number of rotatable bonds is 21. The predicted molar refractivity (Wildman–Crippen MR) is 293 cm³/mol. The molecule has 0 nitrogen and oxygen atoms in total. The molecule has 0 heterocycles. The second-order valence-electron chi connectivity index (χ2n) is 25.1. The first-order chi connectivity index (χ1) is 24.7. The molecule has 0 aliphatic rings. The van der Waals surface area contributed by atoms with Crippen molar-refractivity contribution in [2.45, 2.75) is 207 Å². The van der Waals surface area contributed by atoms with Crippen LogP contribution in [0.1, 0.15) is 166 Å². The first kappa shape index (κ1) is 59.4. The van der Waals surface area contributed by atoms with Gasteiger partial charge in [0.15, 0.2) is 0 Å². The zero-order chi connectivity index (χ0) is 44.5. The average Bonchev–Trinajstić information content (AvgIpc) is 2.94. The fourth-order valence-corrected chi connectivity index (χ4v) is 31.8. The van der Waals surface area contributed by atoms with Gasteiger partial charge >= 0.3 is 0 Å². The maximum Gasteiger partial charge on any atom is -0.0179 e. The Bertz CT molecular complexity index is 976. The fourth-order valence-electron chi connectivity index (χ4n) is 7.12. The molecule has 0 fully saturated rings. The second kappa shape index (κ2) is 24.1. The Hall–Kier alpha value is 3.44. The first-order valence-corrected chi connectivity index (χ1v) is 36.8. The van der Waals surface area contributed by atoms with Crippen molar-refractivity contribution in [3.63, 3.8) is 0 Å². The molecule has 0 aromatic carbocycles. The Morgan fingerprint density at radius 2 is 0.286 bits per heavy atom. The minimum atomic E-state index is 0.0162. The standard InChI is InChI=1S/C48H106P8/c1-41(2,3)49(25)27-29-51(43(7,8)9)31-33-53(45(13,14)15)35-37-55(47(19,20)21)39-40-56(48(22,23)24)38-36-54(46(16,17)18)34-32-52(44(10,11)12)30-28-50(26)42(4,5)6/h27-40H2,1-26H3. The predicted octanol–water partition coefficient (Wildman–Crippen LogP) is 18.5. The van der Waals surface area contributed by atoms with Gasteiger partial charge in [-0.05, 0) is 141 Å². The van der Waals surface area contributed by atoms with Crippen LogP contribution in [0.2, 0.25) is 0 Å². The van der Waals surface area contributed by atoms with Crippen molar-refractivity contribution in [1.29, 1.82) is 0 Å². The van der Waals surface area contributed by atoms with Gasteiger partial charge < -0.3 is 0 Å². The van der Waals surface area contributed by atoms with Crippen LogP contribution >= 0.6 is 63.4 Å². The van der Waals surface area contributed by atoms with E-state index in [1.54, 1.807) is 0 Å². The van der Waals surface area contributed by atoms with Crippen molar-refractivity contribution in [2.24, 2.45) is 0 Å². The maximum absolute atomic E-state index is 2.60. The Morgan fingerprint density at radius 1 is 0.179 bits per heavy atom. The van der Waals surface area contributed by atoms with E-state index in [4.69, 9.17) is 0 Å². The molecule has 8 unspecified atom stereocenters. The topological polar surface area (TPSA) is 0 Å². The van der Waals surface area contributed by atoms with Gasteiger partial charge in [-0.2, -0.15) is 0 Å². The van der Waals surface area contributed by atoms with Gasteiger partial charge in [-0.15, -0.1) is 63.4 Å². The van der Waals surface area contributed by atoms with E-state index in [9.17, 15) is 0 Å². The highest BCUT2D eigenvalue weighted by molar-refractivity contribution is 7.68. The van der Waals surface area contributed by atoms with Gasteiger partial charge in [0.25, 0.3) is 0 Å². The van der Waals surface area contributed by atoms with Crippen LogP contribution in [0.3, 0.4) is 0 Å². The minimum Gasteiger partial charge on any atom is -0.104 e. The van der Waals surface area contributed by atoms with Crippen LogP contribution < -0.4 is 0 Å². The summed E-state index contributed by atoms with van der Waals surface area (Å²) in [6.45, 7) is 66.5. The van der Waals surface area contributed by atoms with E-state index in [0.717, 1.165) is 0 Å². The Balaban J connectivity index is 5.88. The highest BCUT2D eigenvalue weighted by Gasteiger charge is 2.35. The van der Waals surface area contributed by atoms with Crippen molar-refractivity contribution in [1.82, 2.24) is 0 Å². The van der Waals surface area contributed by atoms with Gasteiger partial charge in [0.05, 0.1) is 0 Å². The highest BCUT2D eigenvalue weighted by Crippen LogP contribution is 2.63. The van der Waals surface area contributed by atoms with Crippen LogP contribution in [-0.4, -0.2) is 141 Å². The first-order valence-electron chi connectivity index (χ1n) is 22.6. The van der Waals surface area contributed by atoms with Crippen LogP contribution in [0, 0.1) is 0 Å². The normalized spacial score (nSPS) is 19.0. The molecule has 0 aliphatic heterocycles. The lowest BCUT2D eigenvalue weighted by molar-refractivity contribution is 0.766. The largest absolute Gasteiger partial charge is 0.104 e. The van der Waals surface area contributed by atoms with Crippen LogP contribution in [0.4, 0.5) is 0 Å². The van der Waals surface area contributed by atoms with E-state index in [1.165, 1.54) is 86.3 Å². The van der Waals surface area contributed by atoms with Crippen LogP contribution in [-0.2, 0) is 0 Å². The number of hydrogen-bond donors (Lipinski definition) is 0. The summed E-state index contributed by atoms with van der Waals surface area (Å²) in [5, 5.41) is 3.72. The molecule has 8 atom stereocenters. The highest BCUT2D eigenvalue weighted by atomic mass is 31.1. The van der Waals surface area contributed by atoms with E-state index in [1.807, 2.05) is 0 Å². The van der Waals surface area contributed by atoms with Gasteiger partial charge in [-0.3, -0.25) is 0 Å². The molecule has 0 spiro atoms. The van der Waals surface area contributed by atoms with Gasteiger partial charge in [-0.1, -0.05) is 166 Å². The number of hydrogen-bond acceptors (Lipinski definition) is 0. The molecule has 338 valence electrons. The lowest BCUT2D eigenvalue weighted by atomic mass is 10.3. The molecule has 0 rings (SSSR count). The fraction of sp³-hybridized carbons (Fsp3) is 1.00. The Kier molecular flexibility index (Phi) is 25.6. The van der Waals surface area contributed by atoms with E-state index in [0.29, 0.717) is 41.2 Å². The van der Waals surface area contributed by atoms with Gasteiger partial charge in [0.1, 0.15) is 0 Å². The molecule has 0 saturated heterocycles. The van der Waals surface area contributed by atoms with E-state index >= 15 is 0 Å². The van der Waals surface area contributed by atoms with Gasteiger partial charge in [-0.25, -0.2) is 0 Å². The van der Waals surface area contributed by atoms with Crippen molar-refractivity contribution in [3.8, 4) is 0 Å². The molecular formula is C48H106P8. The van der Waals surface area contributed by atoms with Gasteiger partial charge in [0, 0.05) is 0 Å². The molecule has 0 aromatic rings. The summed E-state index contributed by atoms with van der Waals surface area (Å²) < 4.78 is 0. The molecule has 0 saturated carbocycles. The average molecular weight is 931 g/mol. The van der Waals surface area contributed by atoms with Crippen molar-refractivity contribution in [3.05, 3.63) is 0 Å². The smallest absolute Gasteiger partial charge is 0.0179 e. The zero-order valence-corrected chi connectivity index (χ0v) is 50.6. The van der Waals surface area contributed by atoms with E-state index in [-0.39, 0.29) is 63.4 Å². The lowest BCUT2D eigenvalue weighted by Crippen LogP contribution is -2.25. The molecule has 0 amide bonds. The minimum absolute atomic E-state index is 0.0162. The summed E-state index contributed by atoms with van der Waals surface area (Å²) in [6.07, 6.45) is 21.0. The molecule has 8 heteroatoms. The van der Waals surface area contributed by atoms with E-state index < -0.39 is 0 Å². The Morgan fingerprint density at radius 3 is 0.375 bits per heavy atom. The summed E-state index contributed by atoms with van der Waals surface area (Å²) in [7, 11) is 0.427. The van der Waals surface area contributed by atoms with Crippen LogP contribution in [0.15, 0.2) is 0 Å². The monoisotopic (exact) mass is 931 g/mol.